The van der Waals surface area contributed by atoms with Crippen molar-refractivity contribution in [2.45, 2.75) is 39.0 Å². The van der Waals surface area contributed by atoms with Crippen LogP contribution in [-0.2, 0) is 15.9 Å². The Bertz CT molecular complexity index is 575. The molecule has 0 aromatic heterocycles. The predicted octanol–water partition coefficient (Wildman–Crippen LogP) is 5.22. The van der Waals surface area contributed by atoms with Crippen LogP contribution in [0, 0.1) is 0 Å². The van der Waals surface area contributed by atoms with Gasteiger partial charge in [-0.3, -0.25) is 0 Å². The molecule has 0 spiro atoms. The van der Waals surface area contributed by atoms with E-state index in [1.165, 1.54) is 30.4 Å². The molecule has 0 saturated heterocycles. The highest BCUT2D eigenvalue weighted by atomic mass is 16.5. The monoisotopic (exact) mass is 342 g/mol. The van der Waals surface area contributed by atoms with Crippen molar-refractivity contribution in [1.29, 1.82) is 0 Å². The molecule has 0 aliphatic rings. The van der Waals surface area contributed by atoms with Crippen LogP contribution in [0.1, 0.15) is 38.2 Å². The summed E-state index contributed by atoms with van der Waals surface area (Å²) in [4.78, 5) is 0. The van der Waals surface area contributed by atoms with Crippen LogP contribution in [0.15, 0.2) is 48.5 Å². The van der Waals surface area contributed by atoms with Gasteiger partial charge in [0, 0.05) is 13.2 Å². The maximum Gasteiger partial charge on any atom is 0.115 e. The third-order valence-corrected chi connectivity index (χ3v) is 4.23. The first-order valence-electron chi connectivity index (χ1n) is 9.33. The molecule has 0 saturated carbocycles. The van der Waals surface area contributed by atoms with E-state index in [0.29, 0.717) is 19.0 Å². The summed E-state index contributed by atoms with van der Waals surface area (Å²) >= 11 is 0. The number of hydrogen-bond donors (Lipinski definition) is 1. The number of hydrogen-bond acceptors (Lipinski definition) is 3. The number of aryl methyl sites for hydroxylation is 1. The number of phenols is 1. The van der Waals surface area contributed by atoms with E-state index in [4.69, 9.17) is 9.47 Å². The normalized spacial score (nSPS) is 10.9. The van der Waals surface area contributed by atoms with E-state index in [-0.39, 0.29) is 0 Å². The van der Waals surface area contributed by atoms with E-state index in [2.05, 4.69) is 24.3 Å². The topological polar surface area (TPSA) is 38.7 Å². The van der Waals surface area contributed by atoms with Gasteiger partial charge in [0.05, 0.1) is 13.2 Å². The summed E-state index contributed by atoms with van der Waals surface area (Å²) < 4.78 is 10.8. The van der Waals surface area contributed by atoms with E-state index in [0.717, 1.165) is 31.6 Å². The van der Waals surface area contributed by atoms with E-state index in [9.17, 15) is 5.11 Å². The lowest BCUT2D eigenvalue weighted by Gasteiger charge is -2.06. The van der Waals surface area contributed by atoms with Gasteiger partial charge in [-0.15, -0.1) is 0 Å². The van der Waals surface area contributed by atoms with Gasteiger partial charge in [0.2, 0.25) is 0 Å². The summed E-state index contributed by atoms with van der Waals surface area (Å²) in [5.41, 5.74) is 3.71. The van der Waals surface area contributed by atoms with Crippen LogP contribution in [0.25, 0.3) is 11.1 Å². The molecule has 3 heteroatoms. The average Bonchev–Trinajstić information content (AvgIpc) is 2.64. The molecule has 0 bridgehead atoms. The molecule has 0 amide bonds. The smallest absolute Gasteiger partial charge is 0.115 e. The Hall–Kier alpha value is -1.84. The summed E-state index contributed by atoms with van der Waals surface area (Å²) in [5.74, 6) is 0.306. The Kier molecular flexibility index (Phi) is 9.09. The molecule has 0 aliphatic carbocycles. The van der Waals surface area contributed by atoms with E-state index in [1.807, 2.05) is 19.1 Å². The number of benzene rings is 2. The third kappa shape index (κ3) is 7.72. The summed E-state index contributed by atoms with van der Waals surface area (Å²) in [6.07, 6.45) is 5.94. The van der Waals surface area contributed by atoms with Crippen LogP contribution in [0.4, 0.5) is 0 Å². The van der Waals surface area contributed by atoms with Crippen molar-refractivity contribution >= 4 is 0 Å². The Labute approximate surface area is 151 Å². The molecule has 2 rings (SSSR count). The van der Waals surface area contributed by atoms with Gasteiger partial charge in [-0.2, -0.15) is 0 Å². The fourth-order valence-corrected chi connectivity index (χ4v) is 2.77. The summed E-state index contributed by atoms with van der Waals surface area (Å²) in [6.45, 7) is 5.02. The Morgan fingerprint density at radius 3 is 1.96 bits per heavy atom. The first-order chi connectivity index (χ1) is 12.3. The first-order valence-corrected chi connectivity index (χ1v) is 9.33. The van der Waals surface area contributed by atoms with Crippen LogP contribution >= 0.6 is 0 Å². The van der Waals surface area contributed by atoms with Crippen molar-refractivity contribution in [3.05, 3.63) is 54.1 Å². The number of unbranched alkanes of at least 4 members (excludes halogenated alkanes) is 3. The fraction of sp³-hybridized carbons (Fsp3) is 0.455. The van der Waals surface area contributed by atoms with E-state index >= 15 is 0 Å². The van der Waals surface area contributed by atoms with Crippen LogP contribution in [0.3, 0.4) is 0 Å². The number of aromatic hydroxyl groups is 1. The van der Waals surface area contributed by atoms with Crippen LogP contribution < -0.4 is 0 Å². The molecule has 136 valence electrons. The third-order valence-electron chi connectivity index (χ3n) is 4.23. The maximum atomic E-state index is 9.36. The van der Waals surface area contributed by atoms with Gasteiger partial charge in [-0.05, 0) is 55.0 Å². The number of ether oxygens (including phenoxy) is 2. The van der Waals surface area contributed by atoms with Crippen LogP contribution in [0.2, 0.25) is 0 Å². The second kappa shape index (κ2) is 11.7. The molecule has 25 heavy (non-hydrogen) atoms. The molecule has 2 aromatic rings. The van der Waals surface area contributed by atoms with Gasteiger partial charge in [-0.1, -0.05) is 49.2 Å². The molecule has 0 fully saturated rings. The van der Waals surface area contributed by atoms with Crippen molar-refractivity contribution < 1.29 is 14.6 Å². The highest BCUT2D eigenvalue weighted by Gasteiger charge is 1.99. The SMILES string of the molecule is CCOCCOCCCCCCc1ccc(-c2ccc(O)cc2)cc1. The van der Waals surface area contributed by atoms with Crippen molar-refractivity contribution in [3.8, 4) is 16.9 Å². The van der Waals surface area contributed by atoms with Crippen molar-refractivity contribution in [2.24, 2.45) is 0 Å². The molecular formula is C22H30O3. The van der Waals surface area contributed by atoms with E-state index < -0.39 is 0 Å². The number of rotatable bonds is 12. The van der Waals surface area contributed by atoms with Gasteiger partial charge < -0.3 is 14.6 Å². The first kappa shape index (κ1) is 19.5. The number of phenolic OH excluding ortho intramolecular Hbond substituents is 1. The summed E-state index contributed by atoms with van der Waals surface area (Å²) in [5, 5.41) is 9.36. The van der Waals surface area contributed by atoms with Crippen molar-refractivity contribution in [1.82, 2.24) is 0 Å². The molecular weight excluding hydrogens is 312 g/mol. The van der Waals surface area contributed by atoms with Gasteiger partial charge in [-0.25, -0.2) is 0 Å². The summed E-state index contributed by atoms with van der Waals surface area (Å²) in [6, 6.07) is 16.1. The standard InChI is InChI=1S/C22H30O3/c1-2-24-17-18-25-16-6-4-3-5-7-19-8-10-20(11-9-19)21-12-14-22(23)15-13-21/h8-15,23H,2-7,16-18H2,1H3. The zero-order chi connectivity index (χ0) is 17.7. The molecule has 3 nitrogen and oxygen atoms in total. The molecule has 0 heterocycles. The lowest BCUT2D eigenvalue weighted by molar-refractivity contribution is 0.0513. The Morgan fingerprint density at radius 2 is 1.28 bits per heavy atom. The van der Waals surface area contributed by atoms with E-state index in [1.54, 1.807) is 12.1 Å². The second-order valence-corrected chi connectivity index (χ2v) is 6.22. The fourth-order valence-electron chi connectivity index (χ4n) is 2.77. The van der Waals surface area contributed by atoms with Crippen molar-refractivity contribution in [3.63, 3.8) is 0 Å². The quantitative estimate of drug-likeness (QED) is 0.538. The lowest BCUT2D eigenvalue weighted by Crippen LogP contribution is -2.04. The lowest BCUT2D eigenvalue weighted by atomic mass is 10.0. The Balaban J connectivity index is 1.58. The minimum atomic E-state index is 0.306. The van der Waals surface area contributed by atoms with Crippen LogP contribution in [0.5, 0.6) is 5.75 Å². The van der Waals surface area contributed by atoms with Gasteiger partial charge >= 0.3 is 0 Å². The molecule has 0 aliphatic heterocycles. The predicted molar refractivity (Wildman–Crippen MR) is 103 cm³/mol. The van der Waals surface area contributed by atoms with Crippen molar-refractivity contribution in [2.75, 3.05) is 26.4 Å². The average molecular weight is 342 g/mol. The molecule has 0 atom stereocenters. The summed E-state index contributed by atoms with van der Waals surface area (Å²) in [7, 11) is 0. The van der Waals surface area contributed by atoms with Gasteiger partial charge in [0.1, 0.15) is 5.75 Å². The van der Waals surface area contributed by atoms with Gasteiger partial charge in [0.15, 0.2) is 0 Å². The minimum absolute atomic E-state index is 0.306. The Morgan fingerprint density at radius 1 is 0.680 bits per heavy atom. The maximum absolute atomic E-state index is 9.36. The largest absolute Gasteiger partial charge is 0.508 e. The molecule has 1 N–H and O–H groups in total. The zero-order valence-electron chi connectivity index (χ0n) is 15.2. The second-order valence-electron chi connectivity index (χ2n) is 6.22. The molecule has 0 unspecified atom stereocenters. The minimum Gasteiger partial charge on any atom is -0.508 e. The molecule has 2 aromatic carbocycles. The highest BCUT2D eigenvalue weighted by Crippen LogP contribution is 2.22. The van der Waals surface area contributed by atoms with Gasteiger partial charge in [0.25, 0.3) is 0 Å². The molecule has 0 radical (unpaired) electrons. The highest BCUT2D eigenvalue weighted by molar-refractivity contribution is 5.64. The van der Waals surface area contributed by atoms with Crippen LogP contribution in [-0.4, -0.2) is 31.5 Å². The zero-order valence-corrected chi connectivity index (χ0v) is 15.2.